The van der Waals surface area contributed by atoms with Crippen LogP contribution in [0.1, 0.15) is 0 Å². The molecule has 11 heteroatoms. The van der Waals surface area contributed by atoms with Gasteiger partial charge in [-0.15, -0.1) is 0 Å². The Labute approximate surface area is 218 Å². The van der Waals surface area contributed by atoms with Crippen molar-refractivity contribution in [1.29, 1.82) is 0 Å². The lowest BCUT2D eigenvalue weighted by Crippen LogP contribution is -2.17. The van der Waals surface area contributed by atoms with Crippen molar-refractivity contribution in [3.8, 4) is 11.5 Å². The number of rotatable bonds is 8. The maximum absolute atomic E-state index is 13.1. The highest BCUT2D eigenvalue weighted by molar-refractivity contribution is 7.93. The van der Waals surface area contributed by atoms with Crippen molar-refractivity contribution in [2.24, 2.45) is 0 Å². The van der Waals surface area contributed by atoms with Crippen molar-refractivity contribution in [1.82, 2.24) is 0 Å². The van der Waals surface area contributed by atoms with Crippen molar-refractivity contribution < 1.29 is 26.0 Å². The molecule has 5 rings (SSSR count). The standard InChI is InChI=1S/C26H19ClN2O6S2/c27-19-10-15-23(24(17-19)29-37(32,33)26-16-18-6-4-5-9-25(18)35-26)28-36(30,31)22-13-11-21(12-14-22)34-20-7-2-1-3-8-20/h1-17,28-29H. The number of nitrogens with one attached hydrogen (secondary N) is 2. The lowest BCUT2D eigenvalue weighted by Gasteiger charge is -2.14. The van der Waals surface area contributed by atoms with Crippen LogP contribution in [0.4, 0.5) is 11.4 Å². The summed E-state index contributed by atoms with van der Waals surface area (Å²) in [6.07, 6.45) is 0. The first kappa shape index (κ1) is 24.7. The zero-order valence-electron chi connectivity index (χ0n) is 19.0. The second-order valence-electron chi connectivity index (χ2n) is 7.89. The third-order valence-electron chi connectivity index (χ3n) is 5.25. The summed E-state index contributed by atoms with van der Waals surface area (Å²) in [4.78, 5) is -0.0473. The highest BCUT2D eigenvalue weighted by Gasteiger charge is 2.23. The van der Waals surface area contributed by atoms with E-state index in [2.05, 4.69) is 9.44 Å². The number of para-hydroxylation sites is 2. The van der Waals surface area contributed by atoms with Gasteiger partial charge in [0, 0.05) is 16.5 Å². The number of halogens is 1. The molecule has 37 heavy (non-hydrogen) atoms. The van der Waals surface area contributed by atoms with Crippen LogP contribution in [0.3, 0.4) is 0 Å². The molecule has 0 aliphatic heterocycles. The minimum absolute atomic E-state index is 0.0197. The highest BCUT2D eigenvalue weighted by atomic mass is 35.5. The zero-order chi connectivity index (χ0) is 26.0. The molecular formula is C26H19ClN2O6S2. The molecule has 0 atom stereocenters. The van der Waals surface area contributed by atoms with Gasteiger partial charge in [0.15, 0.2) is 0 Å². The third-order valence-corrected chi connectivity index (χ3v) is 8.09. The first-order chi connectivity index (χ1) is 17.7. The molecule has 0 aliphatic rings. The number of ether oxygens (including phenoxy) is 1. The van der Waals surface area contributed by atoms with Crippen molar-refractivity contribution in [3.63, 3.8) is 0 Å². The average molecular weight is 555 g/mol. The lowest BCUT2D eigenvalue weighted by molar-refractivity contribution is 0.482. The van der Waals surface area contributed by atoms with E-state index in [-0.39, 0.29) is 26.4 Å². The van der Waals surface area contributed by atoms with Crippen molar-refractivity contribution in [2.45, 2.75) is 9.99 Å². The summed E-state index contributed by atoms with van der Waals surface area (Å²) in [6.45, 7) is 0. The lowest BCUT2D eigenvalue weighted by atomic mass is 10.3. The Kier molecular flexibility index (Phi) is 6.55. The normalized spacial score (nSPS) is 11.8. The van der Waals surface area contributed by atoms with E-state index >= 15 is 0 Å². The molecule has 0 saturated carbocycles. The molecule has 8 nitrogen and oxygen atoms in total. The minimum Gasteiger partial charge on any atom is -0.457 e. The van der Waals surface area contributed by atoms with E-state index in [1.165, 1.54) is 48.5 Å². The van der Waals surface area contributed by atoms with Crippen LogP contribution in [0.2, 0.25) is 5.02 Å². The molecule has 0 radical (unpaired) electrons. The number of fused-ring (bicyclic) bond motifs is 1. The fourth-order valence-corrected chi connectivity index (χ4v) is 5.78. The monoisotopic (exact) mass is 554 g/mol. The second-order valence-corrected chi connectivity index (χ2v) is 11.6. The minimum atomic E-state index is -4.20. The zero-order valence-corrected chi connectivity index (χ0v) is 21.3. The molecular weight excluding hydrogens is 536 g/mol. The smallest absolute Gasteiger partial charge is 0.295 e. The predicted octanol–water partition coefficient (Wildman–Crippen LogP) is 6.48. The summed E-state index contributed by atoms with van der Waals surface area (Å²) in [5.41, 5.74) is 0.309. The molecule has 0 saturated heterocycles. The molecule has 0 bridgehead atoms. The molecule has 1 aromatic heterocycles. The van der Waals surface area contributed by atoms with Crippen LogP contribution in [0.5, 0.6) is 11.5 Å². The van der Waals surface area contributed by atoms with Gasteiger partial charge in [-0.2, -0.15) is 8.42 Å². The van der Waals surface area contributed by atoms with E-state index in [9.17, 15) is 16.8 Å². The first-order valence-corrected chi connectivity index (χ1v) is 14.2. The Balaban J connectivity index is 1.39. The number of anilines is 2. The van der Waals surface area contributed by atoms with E-state index < -0.39 is 20.0 Å². The Morgan fingerprint density at radius 1 is 0.649 bits per heavy atom. The van der Waals surface area contributed by atoms with Gasteiger partial charge in [0.25, 0.3) is 20.0 Å². The molecule has 4 aromatic carbocycles. The number of hydrogen-bond donors (Lipinski definition) is 2. The van der Waals surface area contributed by atoms with Gasteiger partial charge in [0.05, 0.1) is 16.3 Å². The molecule has 5 aromatic rings. The predicted molar refractivity (Wildman–Crippen MR) is 142 cm³/mol. The molecule has 2 N–H and O–H groups in total. The third kappa shape index (κ3) is 5.56. The quantitative estimate of drug-likeness (QED) is 0.227. The van der Waals surface area contributed by atoms with E-state index in [0.717, 1.165) is 0 Å². The molecule has 0 unspecified atom stereocenters. The van der Waals surface area contributed by atoms with Gasteiger partial charge in [-0.1, -0.05) is 48.0 Å². The summed E-state index contributed by atoms with van der Waals surface area (Å²) in [6, 6.07) is 27.2. The number of furan rings is 1. The van der Waals surface area contributed by atoms with Crippen LogP contribution >= 0.6 is 11.6 Å². The van der Waals surface area contributed by atoms with Crippen LogP contribution < -0.4 is 14.2 Å². The van der Waals surface area contributed by atoms with E-state index in [0.29, 0.717) is 22.5 Å². The Bertz CT molecular complexity index is 1750. The summed E-state index contributed by atoms with van der Waals surface area (Å²) in [5, 5.41) is 0.485. The van der Waals surface area contributed by atoms with Crippen LogP contribution in [0, 0.1) is 0 Å². The highest BCUT2D eigenvalue weighted by Crippen LogP contribution is 2.32. The van der Waals surface area contributed by atoms with Crippen LogP contribution in [0.25, 0.3) is 11.0 Å². The van der Waals surface area contributed by atoms with Gasteiger partial charge >= 0.3 is 0 Å². The van der Waals surface area contributed by atoms with Gasteiger partial charge in [0.2, 0.25) is 5.09 Å². The Morgan fingerprint density at radius 3 is 2.03 bits per heavy atom. The molecule has 0 spiro atoms. The van der Waals surface area contributed by atoms with Crippen molar-refractivity contribution >= 4 is 54.0 Å². The first-order valence-electron chi connectivity index (χ1n) is 10.9. The molecule has 1 heterocycles. The Hall–Kier alpha value is -3.99. The number of hydrogen-bond acceptors (Lipinski definition) is 6. The van der Waals surface area contributed by atoms with E-state index in [4.69, 9.17) is 20.8 Å². The van der Waals surface area contributed by atoms with Gasteiger partial charge < -0.3 is 9.15 Å². The largest absolute Gasteiger partial charge is 0.457 e. The number of benzene rings is 4. The molecule has 0 aliphatic carbocycles. The van der Waals surface area contributed by atoms with Gasteiger partial charge in [-0.25, -0.2) is 8.42 Å². The molecule has 0 fully saturated rings. The maximum atomic E-state index is 13.1. The van der Waals surface area contributed by atoms with Crippen molar-refractivity contribution in [2.75, 3.05) is 9.44 Å². The summed E-state index contributed by atoms with van der Waals surface area (Å²) >= 11 is 6.08. The fourth-order valence-electron chi connectivity index (χ4n) is 3.49. The SMILES string of the molecule is O=S(=O)(Nc1ccc(Cl)cc1NS(=O)(=O)c1cc2ccccc2o1)c1ccc(Oc2ccccc2)cc1. The maximum Gasteiger partial charge on any atom is 0.295 e. The summed E-state index contributed by atoms with van der Waals surface area (Å²) in [7, 11) is -8.28. The second kappa shape index (κ2) is 9.81. The van der Waals surface area contributed by atoms with E-state index in [1.807, 2.05) is 18.2 Å². The Morgan fingerprint density at radius 2 is 1.30 bits per heavy atom. The molecule has 188 valence electrons. The summed E-state index contributed by atoms with van der Waals surface area (Å²) in [5.74, 6) is 1.06. The van der Waals surface area contributed by atoms with Crippen LogP contribution in [-0.2, 0) is 20.0 Å². The topological polar surface area (TPSA) is 115 Å². The fraction of sp³-hybridized carbons (Fsp3) is 0. The van der Waals surface area contributed by atoms with Crippen LogP contribution in [0.15, 0.2) is 118 Å². The van der Waals surface area contributed by atoms with Gasteiger partial charge in [-0.3, -0.25) is 9.44 Å². The van der Waals surface area contributed by atoms with E-state index in [1.54, 1.807) is 36.4 Å². The van der Waals surface area contributed by atoms with Gasteiger partial charge in [-0.05, 0) is 60.7 Å². The van der Waals surface area contributed by atoms with Crippen LogP contribution in [-0.4, -0.2) is 16.8 Å². The average Bonchev–Trinajstić information content (AvgIpc) is 3.32. The van der Waals surface area contributed by atoms with Gasteiger partial charge in [0.1, 0.15) is 17.1 Å². The van der Waals surface area contributed by atoms with Crippen molar-refractivity contribution in [3.05, 3.63) is 108 Å². The molecule has 0 amide bonds. The number of sulfonamides is 2. The summed E-state index contributed by atoms with van der Waals surface area (Å²) < 4.78 is 68.1.